The van der Waals surface area contributed by atoms with E-state index < -0.39 is 35.5 Å². The number of rotatable bonds is 4. The number of benzene rings is 1. The van der Waals surface area contributed by atoms with Crippen molar-refractivity contribution in [1.82, 2.24) is 9.80 Å². The van der Waals surface area contributed by atoms with E-state index in [1.54, 1.807) is 47.6 Å². The quantitative estimate of drug-likeness (QED) is 0.611. The van der Waals surface area contributed by atoms with Crippen LogP contribution in [0.3, 0.4) is 0 Å². The topological polar surface area (TPSA) is 59.1 Å². The summed E-state index contributed by atoms with van der Waals surface area (Å²) in [7, 11) is 0. The molecule has 1 amide bonds. The smallest absolute Gasteiger partial charge is 0.410 e. The number of nitrogens with zero attached hydrogens (tertiary/aromatic N) is 2. The summed E-state index contributed by atoms with van der Waals surface area (Å²) in [6.07, 6.45) is -5.15. The van der Waals surface area contributed by atoms with Crippen molar-refractivity contribution in [3.63, 3.8) is 0 Å². The fourth-order valence-corrected chi connectivity index (χ4v) is 3.51. The van der Waals surface area contributed by atoms with Gasteiger partial charge in [0.05, 0.1) is 6.42 Å². The van der Waals surface area contributed by atoms with Gasteiger partial charge >= 0.3 is 18.2 Å². The van der Waals surface area contributed by atoms with Gasteiger partial charge in [0.25, 0.3) is 0 Å². The first-order valence-electron chi connectivity index (χ1n) is 10.6. The highest BCUT2D eigenvalue weighted by molar-refractivity contribution is 5.73. The van der Waals surface area contributed by atoms with Gasteiger partial charge in [0.2, 0.25) is 0 Å². The number of amides is 1. The Balaban J connectivity index is 2.13. The van der Waals surface area contributed by atoms with E-state index in [1.165, 1.54) is 28.0 Å². The zero-order valence-electron chi connectivity index (χ0n) is 19.6. The first-order valence-corrected chi connectivity index (χ1v) is 10.6. The molecule has 0 N–H and O–H groups in total. The van der Waals surface area contributed by atoms with Crippen LogP contribution in [0.15, 0.2) is 24.3 Å². The molecule has 1 unspecified atom stereocenters. The van der Waals surface area contributed by atoms with Crippen LogP contribution < -0.4 is 0 Å². The molecule has 180 valence electrons. The number of hydrogen-bond donors (Lipinski definition) is 0. The molecule has 1 aliphatic rings. The van der Waals surface area contributed by atoms with Gasteiger partial charge in [0, 0.05) is 26.2 Å². The molecule has 1 fully saturated rings. The number of carbonyl (C=O) groups excluding carboxylic acids is 2. The zero-order valence-corrected chi connectivity index (χ0v) is 19.6. The largest absolute Gasteiger partial charge is 0.460 e. The molecule has 1 aromatic carbocycles. The van der Waals surface area contributed by atoms with Crippen LogP contribution in [0.5, 0.6) is 0 Å². The standard InChI is InChI=1S/C23H33F3N2O4/c1-21(2,3)31-18(29)15-16-8-7-9-17(14-16)19(23(24,25)26)27-10-12-28(13-11-27)20(30)32-22(4,5)6/h7-9,14,19H,10-13,15H2,1-6H3. The van der Waals surface area contributed by atoms with Gasteiger partial charge in [-0.1, -0.05) is 24.3 Å². The van der Waals surface area contributed by atoms with Crippen LogP contribution in [0.4, 0.5) is 18.0 Å². The van der Waals surface area contributed by atoms with E-state index in [2.05, 4.69) is 0 Å². The number of hydrogen-bond acceptors (Lipinski definition) is 5. The van der Waals surface area contributed by atoms with Crippen LogP contribution in [-0.4, -0.2) is 65.4 Å². The maximum atomic E-state index is 14.0. The number of halogens is 3. The van der Waals surface area contributed by atoms with Crippen LogP contribution in [0.2, 0.25) is 0 Å². The molecule has 0 saturated carbocycles. The number of alkyl halides is 3. The molecule has 9 heteroatoms. The molecule has 0 spiro atoms. The summed E-state index contributed by atoms with van der Waals surface area (Å²) < 4.78 is 52.7. The van der Waals surface area contributed by atoms with E-state index in [1.807, 2.05) is 0 Å². The van der Waals surface area contributed by atoms with Crippen LogP contribution in [-0.2, 0) is 20.7 Å². The highest BCUT2D eigenvalue weighted by Crippen LogP contribution is 2.38. The Morgan fingerprint density at radius 3 is 2.00 bits per heavy atom. The summed E-state index contributed by atoms with van der Waals surface area (Å²) in [6.45, 7) is 10.8. The first kappa shape index (κ1) is 26.0. The molecule has 32 heavy (non-hydrogen) atoms. The van der Waals surface area contributed by atoms with Crippen molar-refractivity contribution in [2.75, 3.05) is 26.2 Å². The van der Waals surface area contributed by atoms with Crippen molar-refractivity contribution in [2.45, 2.75) is 71.4 Å². The van der Waals surface area contributed by atoms with E-state index in [-0.39, 0.29) is 38.2 Å². The third-order valence-corrected chi connectivity index (χ3v) is 4.68. The lowest BCUT2D eigenvalue weighted by molar-refractivity contribution is -0.190. The van der Waals surface area contributed by atoms with E-state index in [4.69, 9.17) is 9.47 Å². The minimum absolute atomic E-state index is 0.0553. The molecule has 6 nitrogen and oxygen atoms in total. The van der Waals surface area contributed by atoms with E-state index in [0.29, 0.717) is 5.56 Å². The predicted molar refractivity (Wildman–Crippen MR) is 114 cm³/mol. The zero-order chi connectivity index (χ0) is 24.3. The number of ether oxygens (including phenoxy) is 2. The Morgan fingerprint density at radius 2 is 1.50 bits per heavy atom. The van der Waals surface area contributed by atoms with Gasteiger partial charge in [-0.2, -0.15) is 13.2 Å². The van der Waals surface area contributed by atoms with Crippen LogP contribution in [0, 0.1) is 0 Å². The first-order chi connectivity index (χ1) is 14.5. The van der Waals surface area contributed by atoms with Crippen molar-refractivity contribution < 1.29 is 32.2 Å². The van der Waals surface area contributed by atoms with Gasteiger partial charge in [0.15, 0.2) is 0 Å². The van der Waals surface area contributed by atoms with Gasteiger partial charge in [-0.15, -0.1) is 0 Å². The van der Waals surface area contributed by atoms with Crippen LogP contribution >= 0.6 is 0 Å². The van der Waals surface area contributed by atoms with Gasteiger partial charge in [-0.3, -0.25) is 9.69 Å². The SMILES string of the molecule is CC(C)(C)OC(=O)Cc1cccc(C(N2CCN(C(=O)OC(C)(C)C)CC2)C(F)(F)F)c1. The maximum Gasteiger partial charge on any atom is 0.410 e. The Morgan fingerprint density at radius 1 is 0.938 bits per heavy atom. The fourth-order valence-electron chi connectivity index (χ4n) is 3.51. The molecular formula is C23H33F3N2O4. The summed E-state index contributed by atoms with van der Waals surface area (Å²) in [6, 6.07) is 4.12. The number of carbonyl (C=O) groups is 2. The summed E-state index contributed by atoms with van der Waals surface area (Å²) in [5, 5.41) is 0. The van der Waals surface area contributed by atoms with Crippen LogP contribution in [0.1, 0.15) is 58.7 Å². The normalized spacial score (nSPS) is 17.1. The fraction of sp³-hybridized carbons (Fsp3) is 0.652. The van der Waals surface area contributed by atoms with E-state index in [9.17, 15) is 22.8 Å². The molecule has 1 atom stereocenters. The minimum atomic E-state index is -4.52. The second-order valence-corrected chi connectivity index (χ2v) is 9.96. The molecule has 0 bridgehead atoms. The van der Waals surface area contributed by atoms with Crippen molar-refractivity contribution in [3.05, 3.63) is 35.4 Å². The Hall–Kier alpha value is -2.29. The highest BCUT2D eigenvalue weighted by atomic mass is 19.4. The molecule has 1 heterocycles. The molecule has 0 aromatic heterocycles. The second-order valence-electron chi connectivity index (χ2n) is 9.96. The molecule has 0 aliphatic carbocycles. The van der Waals surface area contributed by atoms with Crippen molar-refractivity contribution >= 4 is 12.1 Å². The minimum Gasteiger partial charge on any atom is -0.460 e. The summed E-state index contributed by atoms with van der Waals surface area (Å²) in [5.74, 6) is -0.496. The predicted octanol–water partition coefficient (Wildman–Crippen LogP) is 4.73. The molecule has 2 rings (SSSR count). The maximum absolute atomic E-state index is 14.0. The average Bonchev–Trinajstić information content (AvgIpc) is 2.58. The van der Waals surface area contributed by atoms with E-state index in [0.717, 1.165) is 0 Å². The lowest BCUT2D eigenvalue weighted by Crippen LogP contribution is -2.53. The molecule has 1 aliphatic heterocycles. The van der Waals surface area contributed by atoms with Crippen molar-refractivity contribution in [2.24, 2.45) is 0 Å². The summed E-state index contributed by atoms with van der Waals surface area (Å²) in [4.78, 5) is 27.1. The number of piperazine rings is 1. The Bertz CT molecular complexity index is 805. The van der Waals surface area contributed by atoms with Crippen molar-refractivity contribution in [3.8, 4) is 0 Å². The highest BCUT2D eigenvalue weighted by Gasteiger charge is 2.46. The summed E-state index contributed by atoms with van der Waals surface area (Å²) in [5.41, 5.74) is -0.823. The number of esters is 1. The third kappa shape index (κ3) is 8.00. The van der Waals surface area contributed by atoms with Crippen molar-refractivity contribution in [1.29, 1.82) is 0 Å². The molecule has 1 saturated heterocycles. The Labute approximate surface area is 187 Å². The lowest BCUT2D eigenvalue weighted by Gasteiger charge is -2.40. The third-order valence-electron chi connectivity index (χ3n) is 4.68. The van der Waals surface area contributed by atoms with Gasteiger partial charge in [-0.25, -0.2) is 4.79 Å². The molecule has 1 aromatic rings. The summed E-state index contributed by atoms with van der Waals surface area (Å²) >= 11 is 0. The lowest BCUT2D eigenvalue weighted by atomic mass is 10.00. The monoisotopic (exact) mass is 458 g/mol. The van der Waals surface area contributed by atoms with Gasteiger partial charge in [-0.05, 0) is 52.7 Å². The van der Waals surface area contributed by atoms with E-state index >= 15 is 0 Å². The van der Waals surface area contributed by atoms with Gasteiger partial charge < -0.3 is 14.4 Å². The van der Waals surface area contributed by atoms with Gasteiger partial charge in [0.1, 0.15) is 17.2 Å². The van der Waals surface area contributed by atoms with Crippen LogP contribution in [0.25, 0.3) is 0 Å². The second kappa shape index (κ2) is 9.68. The molecular weight excluding hydrogens is 425 g/mol. The Kier molecular flexibility index (Phi) is 7.86. The average molecular weight is 459 g/mol. The molecule has 0 radical (unpaired) electrons.